The molecule has 2 N–H and O–H groups in total. The summed E-state index contributed by atoms with van der Waals surface area (Å²) in [5.74, 6) is 0.713. The summed E-state index contributed by atoms with van der Waals surface area (Å²) >= 11 is 1.58. The number of amides is 1. The second-order valence-electron chi connectivity index (χ2n) is 5.74. The Morgan fingerprint density at radius 3 is 2.50 bits per heavy atom. The average Bonchev–Trinajstić information content (AvgIpc) is 3.01. The van der Waals surface area contributed by atoms with Gasteiger partial charge in [-0.15, -0.1) is 11.3 Å². The number of hydrogen-bond acceptors (Lipinski definition) is 4. The number of aromatic nitrogens is 1. The Kier molecular flexibility index (Phi) is 4.91. The van der Waals surface area contributed by atoms with Gasteiger partial charge in [0.05, 0.1) is 18.3 Å². The summed E-state index contributed by atoms with van der Waals surface area (Å²) in [4.78, 5) is 17.4. The third-order valence-electron chi connectivity index (χ3n) is 3.46. The smallest absolute Gasteiger partial charge is 0.229 e. The number of aryl methyl sites for hydroxylation is 2. The van der Waals surface area contributed by atoms with E-state index in [1.165, 1.54) is 11.1 Å². The van der Waals surface area contributed by atoms with Crippen molar-refractivity contribution in [2.75, 3.05) is 10.6 Å². The van der Waals surface area contributed by atoms with E-state index in [2.05, 4.69) is 47.7 Å². The number of pyridine rings is 1. The Morgan fingerprint density at radius 2 is 1.88 bits per heavy atom. The zero-order valence-corrected chi connectivity index (χ0v) is 14.5. The molecule has 0 aliphatic carbocycles. The summed E-state index contributed by atoms with van der Waals surface area (Å²) in [6.07, 6.45) is 2.05. The van der Waals surface area contributed by atoms with Gasteiger partial charge >= 0.3 is 0 Å². The SMILES string of the molecule is Cc1cc(C)cc(Nc2ccc(NC(=O)Cc3cccs3)cn2)c1. The molecule has 0 spiro atoms. The Bertz CT molecular complexity index is 806. The van der Waals surface area contributed by atoms with Crippen molar-refractivity contribution in [2.24, 2.45) is 0 Å². The number of benzene rings is 1. The van der Waals surface area contributed by atoms with Crippen LogP contribution in [0.15, 0.2) is 54.0 Å². The Morgan fingerprint density at radius 1 is 1.08 bits per heavy atom. The van der Waals surface area contributed by atoms with Crippen molar-refractivity contribution in [3.05, 3.63) is 70.0 Å². The molecule has 0 radical (unpaired) electrons. The number of nitrogens with one attached hydrogen (secondary N) is 2. The molecule has 1 aromatic carbocycles. The third kappa shape index (κ3) is 4.43. The molecule has 24 heavy (non-hydrogen) atoms. The normalized spacial score (nSPS) is 10.4. The van der Waals surface area contributed by atoms with E-state index in [9.17, 15) is 4.79 Å². The fourth-order valence-electron chi connectivity index (χ4n) is 2.51. The third-order valence-corrected chi connectivity index (χ3v) is 4.33. The highest BCUT2D eigenvalue weighted by Gasteiger charge is 2.05. The van der Waals surface area contributed by atoms with Gasteiger partial charge in [0.2, 0.25) is 5.91 Å². The Hall–Kier alpha value is -2.66. The highest BCUT2D eigenvalue weighted by Crippen LogP contribution is 2.19. The lowest BCUT2D eigenvalue weighted by molar-refractivity contribution is -0.115. The molecule has 0 bridgehead atoms. The van der Waals surface area contributed by atoms with Crippen LogP contribution in [0.5, 0.6) is 0 Å². The summed E-state index contributed by atoms with van der Waals surface area (Å²) in [6.45, 7) is 4.13. The van der Waals surface area contributed by atoms with Crippen LogP contribution in [-0.4, -0.2) is 10.9 Å². The first-order valence-corrected chi connectivity index (χ1v) is 8.60. The number of carbonyl (C=O) groups excluding carboxylic acids is 1. The number of carbonyl (C=O) groups is 1. The molecule has 4 nitrogen and oxygen atoms in total. The van der Waals surface area contributed by atoms with Gasteiger partial charge in [0.1, 0.15) is 5.82 Å². The fourth-order valence-corrected chi connectivity index (χ4v) is 3.22. The second-order valence-corrected chi connectivity index (χ2v) is 6.77. The van der Waals surface area contributed by atoms with Crippen LogP contribution >= 0.6 is 11.3 Å². The van der Waals surface area contributed by atoms with Crippen LogP contribution < -0.4 is 10.6 Å². The Balaban J connectivity index is 1.61. The molecule has 0 saturated heterocycles. The van der Waals surface area contributed by atoms with Crippen LogP contribution in [0.3, 0.4) is 0 Å². The van der Waals surface area contributed by atoms with Crippen LogP contribution in [0, 0.1) is 13.8 Å². The summed E-state index contributed by atoms with van der Waals surface area (Å²) in [6, 6.07) is 13.9. The molecule has 3 rings (SSSR count). The van der Waals surface area contributed by atoms with Gasteiger partial charge in [-0.1, -0.05) is 12.1 Å². The second kappa shape index (κ2) is 7.27. The lowest BCUT2D eigenvalue weighted by Gasteiger charge is -2.09. The zero-order chi connectivity index (χ0) is 16.9. The highest BCUT2D eigenvalue weighted by atomic mass is 32.1. The molecule has 0 unspecified atom stereocenters. The van der Waals surface area contributed by atoms with E-state index in [0.29, 0.717) is 12.1 Å². The molecule has 0 aliphatic heterocycles. The van der Waals surface area contributed by atoms with Crippen molar-refractivity contribution in [2.45, 2.75) is 20.3 Å². The fraction of sp³-hybridized carbons (Fsp3) is 0.158. The Labute approximate surface area is 145 Å². The van der Waals surface area contributed by atoms with Gasteiger partial charge in [-0.25, -0.2) is 4.98 Å². The maximum Gasteiger partial charge on any atom is 0.229 e. The molecule has 1 amide bonds. The first-order valence-electron chi connectivity index (χ1n) is 7.72. The van der Waals surface area contributed by atoms with Gasteiger partial charge in [-0.3, -0.25) is 4.79 Å². The molecule has 3 aromatic rings. The van der Waals surface area contributed by atoms with Crippen molar-refractivity contribution < 1.29 is 4.79 Å². The molecule has 0 saturated carbocycles. The highest BCUT2D eigenvalue weighted by molar-refractivity contribution is 7.10. The van der Waals surface area contributed by atoms with Crippen molar-refractivity contribution >= 4 is 34.4 Å². The maximum atomic E-state index is 12.0. The quantitative estimate of drug-likeness (QED) is 0.710. The van der Waals surface area contributed by atoms with Gasteiger partial charge in [0.25, 0.3) is 0 Å². The van der Waals surface area contributed by atoms with Gasteiger partial charge in [-0.05, 0) is 60.7 Å². The lowest BCUT2D eigenvalue weighted by atomic mass is 10.1. The van der Waals surface area contributed by atoms with E-state index >= 15 is 0 Å². The minimum atomic E-state index is -0.0331. The topological polar surface area (TPSA) is 54.0 Å². The van der Waals surface area contributed by atoms with E-state index in [0.717, 1.165) is 16.4 Å². The summed E-state index contributed by atoms with van der Waals surface area (Å²) in [7, 11) is 0. The summed E-state index contributed by atoms with van der Waals surface area (Å²) in [5.41, 5.74) is 4.11. The largest absolute Gasteiger partial charge is 0.340 e. The zero-order valence-electron chi connectivity index (χ0n) is 13.7. The van der Waals surface area contributed by atoms with Crippen molar-refractivity contribution in [3.8, 4) is 0 Å². The first-order chi connectivity index (χ1) is 11.6. The lowest BCUT2D eigenvalue weighted by Crippen LogP contribution is -2.13. The number of anilines is 3. The van der Waals surface area contributed by atoms with E-state index in [1.54, 1.807) is 17.5 Å². The van der Waals surface area contributed by atoms with Crippen molar-refractivity contribution in [1.82, 2.24) is 4.98 Å². The van der Waals surface area contributed by atoms with Gasteiger partial charge in [0, 0.05) is 10.6 Å². The number of nitrogens with zero attached hydrogens (tertiary/aromatic N) is 1. The van der Waals surface area contributed by atoms with Crippen LogP contribution in [0.1, 0.15) is 16.0 Å². The molecule has 2 heterocycles. The molecule has 122 valence electrons. The standard InChI is InChI=1S/C19H19N3OS/c1-13-8-14(2)10-16(9-13)21-18-6-5-15(12-20-18)22-19(23)11-17-4-3-7-24-17/h3-10,12H,11H2,1-2H3,(H,20,21)(H,22,23). The van der Waals surface area contributed by atoms with Crippen LogP contribution in [-0.2, 0) is 11.2 Å². The maximum absolute atomic E-state index is 12.0. The average molecular weight is 337 g/mol. The van der Waals surface area contributed by atoms with Gasteiger partial charge in [-0.2, -0.15) is 0 Å². The number of thiophene rings is 1. The van der Waals surface area contributed by atoms with E-state index in [4.69, 9.17) is 0 Å². The van der Waals surface area contributed by atoms with Crippen LogP contribution in [0.2, 0.25) is 0 Å². The molecule has 5 heteroatoms. The molecule has 0 aliphatic rings. The van der Waals surface area contributed by atoms with E-state index < -0.39 is 0 Å². The predicted octanol–water partition coefficient (Wildman–Crippen LogP) is 4.68. The number of hydrogen-bond donors (Lipinski definition) is 2. The minimum Gasteiger partial charge on any atom is -0.340 e. The summed E-state index contributed by atoms with van der Waals surface area (Å²) in [5, 5.41) is 8.12. The molecule has 2 aromatic heterocycles. The molecule has 0 fully saturated rings. The number of rotatable bonds is 5. The van der Waals surface area contributed by atoms with E-state index in [1.807, 2.05) is 29.6 Å². The van der Waals surface area contributed by atoms with Crippen LogP contribution in [0.25, 0.3) is 0 Å². The first kappa shape index (κ1) is 16.2. The molecule has 0 atom stereocenters. The molecular weight excluding hydrogens is 318 g/mol. The van der Waals surface area contributed by atoms with Crippen molar-refractivity contribution in [3.63, 3.8) is 0 Å². The van der Waals surface area contributed by atoms with E-state index in [-0.39, 0.29) is 5.91 Å². The predicted molar refractivity (Wildman–Crippen MR) is 100 cm³/mol. The van der Waals surface area contributed by atoms with Crippen LogP contribution in [0.4, 0.5) is 17.2 Å². The van der Waals surface area contributed by atoms with Gasteiger partial charge < -0.3 is 10.6 Å². The van der Waals surface area contributed by atoms with Gasteiger partial charge in [0.15, 0.2) is 0 Å². The monoisotopic (exact) mass is 337 g/mol. The minimum absolute atomic E-state index is 0.0331. The molecular formula is C19H19N3OS. The summed E-state index contributed by atoms with van der Waals surface area (Å²) < 4.78 is 0. The van der Waals surface area contributed by atoms with Crippen molar-refractivity contribution in [1.29, 1.82) is 0 Å².